The number of hydrogen-bond acceptors (Lipinski definition) is 3. The maximum Gasteiger partial charge on any atom is 0.389 e. The second kappa shape index (κ2) is 6.11. The van der Waals surface area contributed by atoms with Gasteiger partial charge in [-0.25, -0.2) is 4.98 Å². The summed E-state index contributed by atoms with van der Waals surface area (Å²) < 4.78 is 36.0. The highest BCUT2D eigenvalue weighted by Gasteiger charge is 2.29. The SMILES string of the molecule is O=C(CCC(F)(F)F)NC1CCN(c2ccccn2)C1. The summed E-state index contributed by atoms with van der Waals surface area (Å²) in [7, 11) is 0. The molecule has 2 heterocycles. The monoisotopic (exact) mass is 287 g/mol. The van der Waals surface area contributed by atoms with Gasteiger partial charge in [-0.15, -0.1) is 0 Å². The Labute approximate surface area is 115 Å². The van der Waals surface area contributed by atoms with Gasteiger partial charge in [-0.2, -0.15) is 13.2 Å². The van der Waals surface area contributed by atoms with Crippen molar-refractivity contribution < 1.29 is 18.0 Å². The molecule has 1 saturated heterocycles. The number of amides is 1. The van der Waals surface area contributed by atoms with E-state index in [0.717, 1.165) is 12.4 Å². The Morgan fingerprint density at radius 2 is 2.25 bits per heavy atom. The Morgan fingerprint density at radius 1 is 1.45 bits per heavy atom. The van der Waals surface area contributed by atoms with Crippen LogP contribution < -0.4 is 10.2 Å². The van der Waals surface area contributed by atoms with Gasteiger partial charge in [0.15, 0.2) is 0 Å². The van der Waals surface area contributed by atoms with Crippen molar-refractivity contribution in [1.82, 2.24) is 10.3 Å². The van der Waals surface area contributed by atoms with Crippen LogP contribution in [0, 0.1) is 0 Å². The zero-order valence-electron chi connectivity index (χ0n) is 10.9. The number of pyridine rings is 1. The number of rotatable bonds is 4. The predicted molar refractivity (Wildman–Crippen MR) is 68.3 cm³/mol. The number of carbonyl (C=O) groups excluding carboxylic acids is 1. The number of carbonyl (C=O) groups is 1. The maximum absolute atomic E-state index is 12.0. The van der Waals surface area contributed by atoms with Crippen LogP contribution in [0.25, 0.3) is 0 Å². The highest BCUT2D eigenvalue weighted by molar-refractivity contribution is 5.76. The summed E-state index contributed by atoms with van der Waals surface area (Å²) in [4.78, 5) is 17.7. The average molecular weight is 287 g/mol. The van der Waals surface area contributed by atoms with E-state index in [9.17, 15) is 18.0 Å². The Kier molecular flexibility index (Phi) is 4.46. The Hall–Kier alpha value is -1.79. The Morgan fingerprint density at radius 3 is 2.90 bits per heavy atom. The number of anilines is 1. The number of hydrogen-bond donors (Lipinski definition) is 1. The van der Waals surface area contributed by atoms with Gasteiger partial charge in [-0.1, -0.05) is 6.07 Å². The number of alkyl halides is 3. The van der Waals surface area contributed by atoms with E-state index in [4.69, 9.17) is 0 Å². The lowest BCUT2D eigenvalue weighted by Crippen LogP contribution is -2.37. The van der Waals surface area contributed by atoms with Crippen LogP contribution in [-0.4, -0.2) is 36.2 Å². The standard InChI is InChI=1S/C13H16F3N3O/c14-13(15,16)6-4-12(20)18-10-5-8-19(9-10)11-3-1-2-7-17-11/h1-3,7,10H,4-6,8-9H2,(H,18,20). The topological polar surface area (TPSA) is 45.2 Å². The summed E-state index contributed by atoms with van der Waals surface area (Å²) in [6, 6.07) is 5.44. The molecule has 0 radical (unpaired) electrons. The van der Waals surface area contributed by atoms with Crippen LogP contribution in [0.5, 0.6) is 0 Å². The molecule has 0 saturated carbocycles. The third kappa shape index (κ3) is 4.40. The maximum atomic E-state index is 12.0. The minimum absolute atomic E-state index is 0.113. The third-order valence-corrected chi connectivity index (χ3v) is 3.16. The van der Waals surface area contributed by atoms with E-state index in [-0.39, 0.29) is 6.04 Å². The van der Waals surface area contributed by atoms with Crippen molar-refractivity contribution in [3.63, 3.8) is 0 Å². The van der Waals surface area contributed by atoms with Gasteiger partial charge in [0.05, 0.1) is 6.42 Å². The summed E-state index contributed by atoms with van der Waals surface area (Å²) in [5, 5.41) is 2.64. The fourth-order valence-corrected chi connectivity index (χ4v) is 2.18. The van der Waals surface area contributed by atoms with Crippen molar-refractivity contribution in [2.45, 2.75) is 31.5 Å². The number of nitrogens with zero attached hydrogens (tertiary/aromatic N) is 2. The lowest BCUT2D eigenvalue weighted by molar-refractivity contribution is -0.144. The number of aromatic nitrogens is 1. The quantitative estimate of drug-likeness (QED) is 0.922. The highest BCUT2D eigenvalue weighted by atomic mass is 19.4. The van der Waals surface area contributed by atoms with Crippen LogP contribution in [0.3, 0.4) is 0 Å². The third-order valence-electron chi connectivity index (χ3n) is 3.16. The minimum atomic E-state index is -4.28. The molecule has 7 heteroatoms. The van der Waals surface area contributed by atoms with E-state index in [1.165, 1.54) is 0 Å². The molecule has 20 heavy (non-hydrogen) atoms. The molecule has 0 aromatic carbocycles. The predicted octanol–water partition coefficient (Wildman–Crippen LogP) is 2.12. The van der Waals surface area contributed by atoms with Gasteiger partial charge in [0.25, 0.3) is 0 Å². The van der Waals surface area contributed by atoms with Gasteiger partial charge in [0.2, 0.25) is 5.91 Å². The molecule has 1 aromatic rings. The van der Waals surface area contributed by atoms with Crippen molar-refractivity contribution in [2.24, 2.45) is 0 Å². The fourth-order valence-electron chi connectivity index (χ4n) is 2.18. The van der Waals surface area contributed by atoms with Gasteiger partial charge in [-0.05, 0) is 18.6 Å². The molecule has 4 nitrogen and oxygen atoms in total. The van der Waals surface area contributed by atoms with Crippen molar-refractivity contribution in [3.8, 4) is 0 Å². The molecular formula is C13H16F3N3O. The molecule has 2 rings (SSSR count). The molecule has 0 aliphatic carbocycles. The van der Waals surface area contributed by atoms with Gasteiger partial charge in [0.1, 0.15) is 5.82 Å². The van der Waals surface area contributed by atoms with Crippen molar-refractivity contribution >= 4 is 11.7 Å². The van der Waals surface area contributed by atoms with E-state index in [1.54, 1.807) is 6.20 Å². The summed E-state index contributed by atoms with van der Waals surface area (Å²) in [6.07, 6.45) is -3.47. The molecule has 0 spiro atoms. The Bertz CT molecular complexity index is 450. The first-order valence-electron chi connectivity index (χ1n) is 6.46. The zero-order valence-corrected chi connectivity index (χ0v) is 10.9. The second-order valence-corrected chi connectivity index (χ2v) is 4.80. The second-order valence-electron chi connectivity index (χ2n) is 4.80. The van der Waals surface area contributed by atoms with Crippen LogP contribution >= 0.6 is 0 Å². The van der Waals surface area contributed by atoms with Crippen molar-refractivity contribution in [3.05, 3.63) is 24.4 Å². The van der Waals surface area contributed by atoms with Crippen LogP contribution in [-0.2, 0) is 4.79 Å². The lowest BCUT2D eigenvalue weighted by atomic mass is 10.2. The van der Waals surface area contributed by atoms with Crippen LogP contribution in [0.4, 0.5) is 19.0 Å². The fraction of sp³-hybridized carbons (Fsp3) is 0.538. The van der Waals surface area contributed by atoms with Gasteiger partial charge < -0.3 is 10.2 Å². The summed E-state index contributed by atoms with van der Waals surface area (Å²) in [5.41, 5.74) is 0. The molecule has 1 aliphatic rings. The lowest BCUT2D eigenvalue weighted by Gasteiger charge is -2.17. The van der Waals surface area contributed by atoms with Gasteiger partial charge >= 0.3 is 6.18 Å². The smallest absolute Gasteiger partial charge is 0.354 e. The van der Waals surface area contributed by atoms with E-state index in [0.29, 0.717) is 13.0 Å². The molecule has 1 atom stereocenters. The first kappa shape index (κ1) is 14.6. The summed E-state index contributed by atoms with van der Waals surface area (Å²) >= 11 is 0. The summed E-state index contributed by atoms with van der Waals surface area (Å²) in [5.74, 6) is 0.273. The van der Waals surface area contributed by atoms with E-state index in [1.807, 2.05) is 23.1 Å². The number of nitrogens with one attached hydrogen (secondary N) is 1. The Balaban J connectivity index is 1.77. The molecule has 1 aromatic heterocycles. The molecule has 0 bridgehead atoms. The van der Waals surface area contributed by atoms with Gasteiger partial charge in [0, 0.05) is 31.7 Å². The van der Waals surface area contributed by atoms with Crippen LogP contribution in [0.15, 0.2) is 24.4 Å². The van der Waals surface area contributed by atoms with Crippen LogP contribution in [0.1, 0.15) is 19.3 Å². The van der Waals surface area contributed by atoms with E-state index in [2.05, 4.69) is 10.3 Å². The molecular weight excluding hydrogens is 271 g/mol. The van der Waals surface area contributed by atoms with E-state index >= 15 is 0 Å². The molecule has 110 valence electrons. The van der Waals surface area contributed by atoms with Crippen LogP contribution in [0.2, 0.25) is 0 Å². The van der Waals surface area contributed by atoms with Gasteiger partial charge in [-0.3, -0.25) is 4.79 Å². The molecule has 1 amide bonds. The number of halogens is 3. The molecule has 1 unspecified atom stereocenters. The van der Waals surface area contributed by atoms with Crippen molar-refractivity contribution in [1.29, 1.82) is 0 Å². The normalized spacial score (nSPS) is 19.1. The molecule has 1 aliphatic heterocycles. The first-order chi connectivity index (χ1) is 9.44. The molecule has 1 N–H and O–H groups in total. The van der Waals surface area contributed by atoms with E-state index < -0.39 is 24.9 Å². The first-order valence-corrected chi connectivity index (χ1v) is 6.46. The summed E-state index contributed by atoms with van der Waals surface area (Å²) in [6.45, 7) is 1.32. The average Bonchev–Trinajstić information content (AvgIpc) is 2.85. The zero-order chi connectivity index (χ0) is 14.6. The van der Waals surface area contributed by atoms with Crippen molar-refractivity contribution in [2.75, 3.05) is 18.0 Å². The minimum Gasteiger partial charge on any atom is -0.354 e. The molecule has 1 fully saturated rings. The highest BCUT2D eigenvalue weighted by Crippen LogP contribution is 2.21. The largest absolute Gasteiger partial charge is 0.389 e.